The molecule has 1 unspecified atom stereocenters. The first kappa shape index (κ1) is 14.7. The highest BCUT2D eigenvalue weighted by Crippen LogP contribution is 2.26. The Bertz CT molecular complexity index is 779. The predicted octanol–water partition coefficient (Wildman–Crippen LogP) is 1.89. The van der Waals surface area contributed by atoms with Gasteiger partial charge in [0.25, 0.3) is 0 Å². The minimum Gasteiger partial charge on any atom is -0.396 e. The van der Waals surface area contributed by atoms with E-state index >= 15 is 0 Å². The number of nitrogens with zero attached hydrogens (tertiary/aromatic N) is 2. The SMILES string of the molecule is O=S(=O)(c1ccc2nc(Cl)ccc2c1)N1CCC(CO)C1. The van der Waals surface area contributed by atoms with E-state index in [2.05, 4.69) is 4.98 Å². The van der Waals surface area contributed by atoms with Gasteiger partial charge in [0.05, 0.1) is 10.4 Å². The second kappa shape index (κ2) is 5.53. The summed E-state index contributed by atoms with van der Waals surface area (Å²) in [5, 5.41) is 10.3. The van der Waals surface area contributed by atoms with Crippen molar-refractivity contribution < 1.29 is 13.5 Å². The molecule has 1 N–H and O–H groups in total. The molecule has 0 saturated carbocycles. The van der Waals surface area contributed by atoms with Crippen LogP contribution in [-0.2, 0) is 10.0 Å². The molecule has 1 atom stereocenters. The van der Waals surface area contributed by atoms with Crippen LogP contribution >= 0.6 is 11.6 Å². The van der Waals surface area contributed by atoms with Crippen molar-refractivity contribution in [2.24, 2.45) is 5.92 Å². The molecule has 0 aliphatic carbocycles. The topological polar surface area (TPSA) is 70.5 Å². The molecule has 1 fully saturated rings. The minimum atomic E-state index is -3.52. The maximum absolute atomic E-state index is 12.6. The predicted molar refractivity (Wildman–Crippen MR) is 80.7 cm³/mol. The van der Waals surface area contributed by atoms with Gasteiger partial charge in [-0.2, -0.15) is 4.31 Å². The molecule has 2 heterocycles. The van der Waals surface area contributed by atoms with Gasteiger partial charge < -0.3 is 5.11 Å². The third kappa shape index (κ3) is 2.76. The van der Waals surface area contributed by atoms with Crippen molar-refractivity contribution in [3.63, 3.8) is 0 Å². The Labute approximate surface area is 128 Å². The molecule has 5 nitrogen and oxygen atoms in total. The lowest BCUT2D eigenvalue weighted by molar-refractivity contribution is 0.233. The Morgan fingerprint density at radius 3 is 2.86 bits per heavy atom. The van der Waals surface area contributed by atoms with Crippen molar-refractivity contribution in [2.75, 3.05) is 19.7 Å². The first-order valence-corrected chi connectivity index (χ1v) is 8.50. The summed E-state index contributed by atoms with van der Waals surface area (Å²) in [7, 11) is -3.52. The van der Waals surface area contributed by atoms with Crippen molar-refractivity contribution in [1.82, 2.24) is 9.29 Å². The van der Waals surface area contributed by atoms with Crippen LogP contribution in [0.4, 0.5) is 0 Å². The summed E-state index contributed by atoms with van der Waals surface area (Å²) in [6, 6.07) is 8.21. The largest absolute Gasteiger partial charge is 0.396 e. The van der Waals surface area contributed by atoms with Crippen LogP contribution in [0.2, 0.25) is 5.15 Å². The summed E-state index contributed by atoms with van der Waals surface area (Å²) < 4.78 is 26.6. The van der Waals surface area contributed by atoms with E-state index in [1.54, 1.807) is 30.3 Å². The molecule has 0 bridgehead atoms. The average molecular weight is 327 g/mol. The summed E-state index contributed by atoms with van der Waals surface area (Å²) in [6.07, 6.45) is 0.695. The number of aliphatic hydroxyl groups excluding tert-OH is 1. The maximum Gasteiger partial charge on any atom is 0.243 e. The highest BCUT2D eigenvalue weighted by molar-refractivity contribution is 7.89. The van der Waals surface area contributed by atoms with Crippen LogP contribution in [0.1, 0.15) is 6.42 Å². The van der Waals surface area contributed by atoms with E-state index < -0.39 is 10.0 Å². The van der Waals surface area contributed by atoms with Gasteiger partial charge in [0.2, 0.25) is 10.0 Å². The monoisotopic (exact) mass is 326 g/mol. The third-order valence-corrected chi connectivity index (χ3v) is 5.84. The summed E-state index contributed by atoms with van der Waals surface area (Å²) >= 11 is 5.82. The first-order valence-electron chi connectivity index (χ1n) is 6.68. The highest BCUT2D eigenvalue weighted by atomic mass is 35.5. The number of aliphatic hydroxyl groups is 1. The van der Waals surface area contributed by atoms with Crippen LogP contribution in [0, 0.1) is 5.92 Å². The van der Waals surface area contributed by atoms with Crippen molar-refractivity contribution in [1.29, 1.82) is 0 Å². The second-order valence-corrected chi connectivity index (χ2v) is 7.51. The molecule has 7 heteroatoms. The van der Waals surface area contributed by atoms with Gasteiger partial charge in [-0.25, -0.2) is 13.4 Å². The number of halogens is 1. The van der Waals surface area contributed by atoms with Crippen LogP contribution in [-0.4, -0.2) is 42.5 Å². The number of hydrogen-bond donors (Lipinski definition) is 1. The lowest BCUT2D eigenvalue weighted by Gasteiger charge is -2.16. The van der Waals surface area contributed by atoms with Crippen LogP contribution in [0.25, 0.3) is 10.9 Å². The lowest BCUT2D eigenvalue weighted by atomic mass is 10.1. The summed E-state index contributed by atoms with van der Waals surface area (Å²) in [6.45, 7) is 0.840. The number of hydrogen-bond acceptors (Lipinski definition) is 4. The number of fused-ring (bicyclic) bond motifs is 1. The number of sulfonamides is 1. The molecule has 1 saturated heterocycles. The zero-order valence-corrected chi connectivity index (χ0v) is 12.8. The zero-order valence-electron chi connectivity index (χ0n) is 11.2. The van der Waals surface area contributed by atoms with Crippen LogP contribution in [0.15, 0.2) is 35.2 Å². The zero-order chi connectivity index (χ0) is 15.0. The van der Waals surface area contributed by atoms with Crippen LogP contribution in [0.5, 0.6) is 0 Å². The Kier molecular flexibility index (Phi) is 3.88. The highest BCUT2D eigenvalue weighted by Gasteiger charge is 2.32. The van der Waals surface area contributed by atoms with E-state index in [0.29, 0.717) is 30.2 Å². The molecular formula is C14H15ClN2O3S. The van der Waals surface area contributed by atoms with Gasteiger partial charge in [0.15, 0.2) is 0 Å². The van der Waals surface area contributed by atoms with Gasteiger partial charge in [0, 0.05) is 25.1 Å². The van der Waals surface area contributed by atoms with Crippen molar-refractivity contribution in [3.05, 3.63) is 35.5 Å². The quantitative estimate of drug-likeness (QED) is 0.874. The van der Waals surface area contributed by atoms with Gasteiger partial charge in [0.1, 0.15) is 5.15 Å². The molecule has 1 aromatic heterocycles. The van der Waals surface area contributed by atoms with E-state index in [-0.39, 0.29) is 17.4 Å². The van der Waals surface area contributed by atoms with E-state index in [9.17, 15) is 8.42 Å². The Morgan fingerprint density at radius 1 is 1.33 bits per heavy atom. The average Bonchev–Trinajstić information content (AvgIpc) is 2.96. The molecule has 21 heavy (non-hydrogen) atoms. The molecule has 112 valence electrons. The van der Waals surface area contributed by atoms with Gasteiger partial charge in [-0.15, -0.1) is 0 Å². The molecule has 3 rings (SSSR count). The molecule has 1 aliphatic rings. The summed E-state index contributed by atoms with van der Waals surface area (Å²) in [5.74, 6) is 0.0284. The number of rotatable bonds is 3. The minimum absolute atomic E-state index is 0.0200. The van der Waals surface area contributed by atoms with Gasteiger partial charge in [-0.3, -0.25) is 0 Å². The van der Waals surface area contributed by atoms with E-state index in [1.165, 1.54) is 4.31 Å². The number of benzene rings is 1. The summed E-state index contributed by atoms with van der Waals surface area (Å²) in [4.78, 5) is 4.39. The van der Waals surface area contributed by atoms with E-state index in [1.807, 2.05) is 0 Å². The van der Waals surface area contributed by atoms with Crippen molar-refractivity contribution in [3.8, 4) is 0 Å². The summed E-state index contributed by atoms with van der Waals surface area (Å²) in [5.41, 5.74) is 0.663. The lowest BCUT2D eigenvalue weighted by Crippen LogP contribution is -2.29. The fourth-order valence-corrected chi connectivity index (χ4v) is 4.27. The van der Waals surface area contributed by atoms with Gasteiger partial charge in [-0.1, -0.05) is 11.6 Å². The molecule has 0 radical (unpaired) electrons. The molecule has 2 aromatic rings. The molecule has 1 aromatic carbocycles. The maximum atomic E-state index is 12.6. The second-order valence-electron chi connectivity index (χ2n) is 5.19. The van der Waals surface area contributed by atoms with E-state index in [4.69, 9.17) is 16.7 Å². The normalized spacial score (nSPS) is 20.2. The van der Waals surface area contributed by atoms with Crippen LogP contribution < -0.4 is 0 Å². The Morgan fingerprint density at radius 2 is 2.14 bits per heavy atom. The Balaban J connectivity index is 1.97. The molecule has 0 spiro atoms. The molecule has 1 aliphatic heterocycles. The van der Waals surface area contributed by atoms with Crippen molar-refractivity contribution >= 4 is 32.5 Å². The number of aromatic nitrogens is 1. The van der Waals surface area contributed by atoms with Gasteiger partial charge >= 0.3 is 0 Å². The molecule has 0 amide bonds. The first-order chi connectivity index (χ1) is 10.0. The Hall–Kier alpha value is -1.21. The van der Waals surface area contributed by atoms with Crippen LogP contribution in [0.3, 0.4) is 0 Å². The fraction of sp³-hybridized carbons (Fsp3) is 0.357. The molecular weight excluding hydrogens is 312 g/mol. The standard InChI is InChI=1S/C14H15ClN2O3S/c15-14-4-1-11-7-12(2-3-13(11)16-14)21(19,20)17-6-5-10(8-17)9-18/h1-4,7,10,18H,5-6,8-9H2. The van der Waals surface area contributed by atoms with Crippen molar-refractivity contribution in [2.45, 2.75) is 11.3 Å². The fourth-order valence-electron chi connectivity index (χ4n) is 2.55. The van der Waals surface area contributed by atoms with Gasteiger partial charge in [-0.05, 0) is 42.7 Å². The van der Waals surface area contributed by atoms with E-state index in [0.717, 1.165) is 5.39 Å². The number of pyridine rings is 1. The third-order valence-electron chi connectivity index (χ3n) is 3.77. The smallest absolute Gasteiger partial charge is 0.243 e.